The molecule has 1 unspecified atom stereocenters. The molecule has 0 fully saturated rings. The van der Waals surface area contributed by atoms with Crippen LogP contribution in [0.25, 0.3) is 0 Å². The minimum Gasteiger partial charge on any atom is -0.451 e. The number of hydrogen-bond acceptors (Lipinski definition) is 4. The van der Waals surface area contributed by atoms with Crippen LogP contribution in [0.15, 0.2) is 4.99 Å². The molecule has 11 heavy (non-hydrogen) atoms. The molecule has 0 saturated carbocycles. The van der Waals surface area contributed by atoms with Crippen LogP contribution in [0, 0.1) is 12.3 Å². The Bertz CT molecular complexity index is 219. The Labute approximate surface area is 69.2 Å². The van der Waals surface area contributed by atoms with E-state index in [-0.39, 0.29) is 18.6 Å². The highest BCUT2D eigenvalue weighted by molar-refractivity contribution is 8.12. The number of esters is 1. The summed E-state index contributed by atoms with van der Waals surface area (Å²) in [4.78, 5) is 14.8. The molecule has 3 nitrogen and oxygen atoms in total. The molecule has 0 aromatic rings. The average Bonchev–Trinajstić information content (AvgIpc) is 2.52. The van der Waals surface area contributed by atoms with Gasteiger partial charge >= 0.3 is 5.97 Å². The summed E-state index contributed by atoms with van der Waals surface area (Å²) in [6.07, 6.45) is 4.90. The molecule has 0 N–H and O–H groups in total. The van der Waals surface area contributed by atoms with E-state index in [1.165, 1.54) is 11.8 Å². The molecule has 4 heteroatoms. The zero-order chi connectivity index (χ0) is 8.10. The Kier molecular flexibility index (Phi) is 2.99. The second kappa shape index (κ2) is 4.04. The normalized spacial score (nSPS) is 21.2. The number of carbonyl (C=O) groups is 1. The van der Waals surface area contributed by atoms with Gasteiger partial charge in [0, 0.05) is 5.75 Å². The van der Waals surface area contributed by atoms with Gasteiger partial charge in [-0.05, 0) is 0 Å². The minimum absolute atomic E-state index is 0.0372. The van der Waals surface area contributed by atoms with E-state index < -0.39 is 0 Å². The monoisotopic (exact) mass is 169 g/mol. The standard InChI is InChI=1S/C7H7NO2S/c1-2-3-10-7(9)6-4-11-5-8-6/h1,5-6H,3-4H2. The Morgan fingerprint density at radius 3 is 3.36 bits per heavy atom. The summed E-state index contributed by atoms with van der Waals surface area (Å²) in [5, 5.41) is 0. The van der Waals surface area contributed by atoms with Crippen molar-refractivity contribution in [2.75, 3.05) is 12.4 Å². The highest BCUT2D eigenvalue weighted by Gasteiger charge is 2.20. The first-order chi connectivity index (χ1) is 5.34. The lowest BCUT2D eigenvalue weighted by Crippen LogP contribution is -2.21. The van der Waals surface area contributed by atoms with E-state index in [0.717, 1.165) is 0 Å². The van der Waals surface area contributed by atoms with Crippen molar-refractivity contribution in [2.24, 2.45) is 4.99 Å². The van der Waals surface area contributed by atoms with E-state index in [2.05, 4.69) is 15.6 Å². The zero-order valence-corrected chi connectivity index (χ0v) is 6.63. The Morgan fingerprint density at radius 1 is 2.00 bits per heavy atom. The van der Waals surface area contributed by atoms with Gasteiger partial charge in [0.2, 0.25) is 0 Å². The Balaban J connectivity index is 2.30. The molecular formula is C7H7NO2S. The van der Waals surface area contributed by atoms with Gasteiger partial charge in [-0.25, -0.2) is 4.79 Å². The Morgan fingerprint density at radius 2 is 2.82 bits per heavy atom. The number of ether oxygens (including phenoxy) is 1. The fourth-order valence-corrected chi connectivity index (χ4v) is 1.36. The third kappa shape index (κ3) is 2.28. The van der Waals surface area contributed by atoms with Crippen LogP contribution in [0.2, 0.25) is 0 Å². The SMILES string of the molecule is C#CCOC(=O)C1CSC=N1. The molecule has 0 spiro atoms. The first kappa shape index (κ1) is 8.15. The summed E-state index contributed by atoms with van der Waals surface area (Å²) in [5.74, 6) is 2.56. The number of carbonyl (C=O) groups excluding carboxylic acids is 1. The summed E-state index contributed by atoms with van der Waals surface area (Å²) in [6, 6.07) is -0.339. The van der Waals surface area contributed by atoms with Crippen molar-refractivity contribution in [1.82, 2.24) is 0 Å². The molecule has 1 atom stereocenters. The van der Waals surface area contributed by atoms with Crippen LogP contribution in [0.1, 0.15) is 0 Å². The molecule has 0 aromatic heterocycles. The maximum atomic E-state index is 11.0. The maximum absolute atomic E-state index is 11.0. The van der Waals surface area contributed by atoms with E-state index in [0.29, 0.717) is 5.75 Å². The number of terminal acetylenes is 1. The molecule has 0 radical (unpaired) electrons. The van der Waals surface area contributed by atoms with Crippen LogP contribution in [-0.2, 0) is 9.53 Å². The number of hydrogen-bond donors (Lipinski definition) is 0. The smallest absolute Gasteiger partial charge is 0.332 e. The molecule has 1 rings (SSSR count). The topological polar surface area (TPSA) is 38.7 Å². The van der Waals surface area contributed by atoms with Crippen molar-refractivity contribution < 1.29 is 9.53 Å². The van der Waals surface area contributed by atoms with Gasteiger partial charge in [0.15, 0.2) is 12.6 Å². The van der Waals surface area contributed by atoms with Gasteiger partial charge in [-0.1, -0.05) is 5.92 Å². The van der Waals surface area contributed by atoms with Crippen molar-refractivity contribution in [3.63, 3.8) is 0 Å². The zero-order valence-electron chi connectivity index (χ0n) is 5.82. The quantitative estimate of drug-likeness (QED) is 0.441. The highest BCUT2D eigenvalue weighted by Crippen LogP contribution is 2.11. The van der Waals surface area contributed by atoms with Gasteiger partial charge < -0.3 is 4.74 Å². The predicted molar refractivity (Wildman–Crippen MR) is 44.5 cm³/mol. The number of nitrogens with zero attached hydrogens (tertiary/aromatic N) is 1. The molecule has 0 aromatic carbocycles. The molecule has 0 amide bonds. The van der Waals surface area contributed by atoms with Gasteiger partial charge in [0.05, 0.1) is 5.55 Å². The third-order valence-corrected chi connectivity index (χ3v) is 1.92. The lowest BCUT2D eigenvalue weighted by molar-refractivity contribution is -0.142. The third-order valence-electron chi connectivity index (χ3n) is 1.14. The van der Waals surface area contributed by atoms with Gasteiger partial charge in [0.25, 0.3) is 0 Å². The Hall–Kier alpha value is -0.950. The van der Waals surface area contributed by atoms with Gasteiger partial charge in [-0.15, -0.1) is 18.2 Å². The molecule has 0 aliphatic carbocycles. The summed E-state index contributed by atoms with van der Waals surface area (Å²) in [5.41, 5.74) is 1.65. The number of thioether (sulfide) groups is 1. The molecular weight excluding hydrogens is 162 g/mol. The van der Waals surface area contributed by atoms with Crippen LogP contribution < -0.4 is 0 Å². The van der Waals surface area contributed by atoms with Crippen molar-refractivity contribution in [3.05, 3.63) is 0 Å². The fraction of sp³-hybridized carbons (Fsp3) is 0.429. The summed E-state index contributed by atoms with van der Waals surface area (Å²) in [7, 11) is 0. The largest absolute Gasteiger partial charge is 0.451 e. The lowest BCUT2D eigenvalue weighted by Gasteiger charge is -2.03. The molecule has 58 valence electrons. The van der Waals surface area contributed by atoms with Crippen molar-refractivity contribution in [1.29, 1.82) is 0 Å². The second-order valence-electron chi connectivity index (χ2n) is 1.92. The van der Waals surface area contributed by atoms with Crippen LogP contribution in [-0.4, -0.2) is 29.9 Å². The lowest BCUT2D eigenvalue weighted by atomic mass is 10.4. The van der Waals surface area contributed by atoms with E-state index in [1.54, 1.807) is 5.55 Å². The fourth-order valence-electron chi connectivity index (χ4n) is 0.632. The summed E-state index contributed by atoms with van der Waals surface area (Å²) < 4.78 is 4.67. The van der Waals surface area contributed by atoms with E-state index in [1.807, 2.05) is 0 Å². The molecule has 0 saturated heterocycles. The second-order valence-corrected chi connectivity index (χ2v) is 2.79. The van der Waals surface area contributed by atoms with E-state index in [4.69, 9.17) is 6.42 Å². The van der Waals surface area contributed by atoms with Crippen molar-refractivity contribution in [2.45, 2.75) is 6.04 Å². The van der Waals surface area contributed by atoms with E-state index >= 15 is 0 Å². The highest BCUT2D eigenvalue weighted by atomic mass is 32.2. The number of rotatable bonds is 2. The summed E-state index contributed by atoms with van der Waals surface area (Å²) in [6.45, 7) is 0.0372. The maximum Gasteiger partial charge on any atom is 0.332 e. The predicted octanol–water partition coefficient (Wildman–Crippen LogP) is 0.306. The first-order valence-electron chi connectivity index (χ1n) is 3.08. The van der Waals surface area contributed by atoms with Crippen LogP contribution in [0.4, 0.5) is 0 Å². The van der Waals surface area contributed by atoms with Crippen LogP contribution >= 0.6 is 11.8 Å². The molecule has 1 aliphatic heterocycles. The van der Waals surface area contributed by atoms with Gasteiger partial charge in [-0.2, -0.15) is 0 Å². The molecule has 0 bridgehead atoms. The van der Waals surface area contributed by atoms with Gasteiger partial charge in [-0.3, -0.25) is 4.99 Å². The van der Waals surface area contributed by atoms with Crippen molar-refractivity contribution >= 4 is 23.3 Å². The first-order valence-corrected chi connectivity index (χ1v) is 4.13. The summed E-state index contributed by atoms with van der Waals surface area (Å²) >= 11 is 1.50. The van der Waals surface area contributed by atoms with Gasteiger partial charge in [0.1, 0.15) is 0 Å². The van der Waals surface area contributed by atoms with Crippen molar-refractivity contribution in [3.8, 4) is 12.3 Å². The minimum atomic E-state index is -0.339. The molecule has 1 aliphatic rings. The van der Waals surface area contributed by atoms with Crippen LogP contribution in [0.3, 0.4) is 0 Å². The molecule has 1 heterocycles. The van der Waals surface area contributed by atoms with E-state index in [9.17, 15) is 4.79 Å². The number of aliphatic imine (C=N–C) groups is 1. The average molecular weight is 169 g/mol. The van der Waals surface area contributed by atoms with Crippen LogP contribution in [0.5, 0.6) is 0 Å².